The smallest absolute Gasteiger partial charge is 0.254 e. The Morgan fingerprint density at radius 1 is 1.50 bits per heavy atom. The number of rotatable bonds is 1. The molecule has 1 aliphatic rings. The summed E-state index contributed by atoms with van der Waals surface area (Å²) in [5, 5.41) is 8.70. The summed E-state index contributed by atoms with van der Waals surface area (Å²) in [6.07, 6.45) is 0. The summed E-state index contributed by atoms with van der Waals surface area (Å²) < 4.78 is 13.8. The molecular weight excluding hydrogens is 207 g/mol. The van der Waals surface area contributed by atoms with E-state index in [-0.39, 0.29) is 24.1 Å². The molecule has 82 valence electrons. The number of amides is 1. The van der Waals surface area contributed by atoms with Crippen LogP contribution in [0, 0.1) is 17.1 Å². The van der Waals surface area contributed by atoms with Crippen LogP contribution in [0.15, 0.2) is 12.1 Å². The molecule has 1 heterocycles. The van der Waals surface area contributed by atoms with E-state index in [1.165, 1.54) is 12.1 Å². The van der Waals surface area contributed by atoms with Crippen molar-refractivity contribution < 1.29 is 9.18 Å². The number of hydrogen-bond donors (Lipinski definition) is 0. The van der Waals surface area contributed by atoms with Crippen LogP contribution >= 0.6 is 0 Å². The maximum absolute atomic E-state index is 13.8. The number of carbonyl (C=O) groups is 1. The molecule has 0 radical (unpaired) electrons. The number of nitrogens with zero attached hydrogens (tertiary/aromatic N) is 2. The topological polar surface area (TPSA) is 44.1 Å². The quantitative estimate of drug-likeness (QED) is 0.724. The summed E-state index contributed by atoms with van der Waals surface area (Å²) >= 11 is 0. The molecule has 0 aliphatic carbocycles. The molecule has 0 aromatic heterocycles. The average Bonchev–Trinajstić information content (AvgIpc) is 2.58. The van der Waals surface area contributed by atoms with Gasteiger partial charge in [-0.3, -0.25) is 4.79 Å². The first-order valence-corrected chi connectivity index (χ1v) is 5.08. The average molecular weight is 218 g/mol. The van der Waals surface area contributed by atoms with Crippen LogP contribution in [0.5, 0.6) is 0 Å². The molecule has 1 amide bonds. The van der Waals surface area contributed by atoms with Gasteiger partial charge in [0.25, 0.3) is 5.91 Å². The molecule has 0 spiro atoms. The number of carbonyl (C=O) groups excluding carboxylic acids is 1. The van der Waals surface area contributed by atoms with Gasteiger partial charge in [-0.1, -0.05) is 0 Å². The molecule has 1 aromatic carbocycles. The van der Waals surface area contributed by atoms with Gasteiger partial charge < -0.3 is 4.90 Å². The lowest BCUT2D eigenvalue weighted by atomic mass is 10.1. The number of fused-ring (bicyclic) bond motifs is 1. The van der Waals surface area contributed by atoms with E-state index in [0.29, 0.717) is 11.1 Å². The van der Waals surface area contributed by atoms with E-state index in [1.807, 2.05) is 13.8 Å². The predicted molar refractivity (Wildman–Crippen MR) is 56.1 cm³/mol. The van der Waals surface area contributed by atoms with Gasteiger partial charge in [0.1, 0.15) is 11.9 Å². The Labute approximate surface area is 93.1 Å². The first-order chi connectivity index (χ1) is 7.56. The van der Waals surface area contributed by atoms with Gasteiger partial charge in [-0.05, 0) is 26.0 Å². The molecule has 0 fully saturated rings. The molecule has 0 atom stereocenters. The van der Waals surface area contributed by atoms with Crippen molar-refractivity contribution in [2.24, 2.45) is 0 Å². The summed E-state index contributed by atoms with van der Waals surface area (Å²) in [5.41, 5.74) is 0.722. The number of halogens is 1. The summed E-state index contributed by atoms with van der Waals surface area (Å²) in [7, 11) is 0. The van der Waals surface area contributed by atoms with Gasteiger partial charge in [-0.25, -0.2) is 4.39 Å². The van der Waals surface area contributed by atoms with E-state index >= 15 is 0 Å². The van der Waals surface area contributed by atoms with Gasteiger partial charge in [0, 0.05) is 23.7 Å². The zero-order valence-electron chi connectivity index (χ0n) is 9.12. The van der Waals surface area contributed by atoms with E-state index in [2.05, 4.69) is 0 Å². The molecule has 1 aromatic rings. The van der Waals surface area contributed by atoms with Crippen LogP contribution in [0.3, 0.4) is 0 Å². The second-order valence-electron chi connectivity index (χ2n) is 4.09. The molecule has 3 nitrogen and oxygen atoms in total. The van der Waals surface area contributed by atoms with Crippen LogP contribution in [0.25, 0.3) is 0 Å². The van der Waals surface area contributed by atoms with Gasteiger partial charge in [0.15, 0.2) is 0 Å². The molecule has 2 rings (SSSR count). The molecule has 1 aliphatic heterocycles. The minimum Gasteiger partial charge on any atom is -0.332 e. The van der Waals surface area contributed by atoms with Crippen LogP contribution in [0.2, 0.25) is 0 Å². The lowest BCUT2D eigenvalue weighted by Gasteiger charge is -2.19. The Kier molecular flexibility index (Phi) is 2.39. The van der Waals surface area contributed by atoms with Gasteiger partial charge >= 0.3 is 0 Å². The van der Waals surface area contributed by atoms with Crippen molar-refractivity contribution in [2.75, 3.05) is 0 Å². The standard InChI is InChI=1S/C12H11FN2O/c1-7(2)15-6-10-9(12(15)16)4-3-8(5-14)11(10)13/h3-4,7H,6H2,1-2H3. The second kappa shape index (κ2) is 3.60. The van der Waals surface area contributed by atoms with E-state index in [4.69, 9.17) is 5.26 Å². The molecule has 0 saturated carbocycles. The first-order valence-electron chi connectivity index (χ1n) is 5.08. The van der Waals surface area contributed by atoms with Crippen molar-refractivity contribution in [3.63, 3.8) is 0 Å². The van der Waals surface area contributed by atoms with Gasteiger partial charge in [0.05, 0.1) is 5.56 Å². The van der Waals surface area contributed by atoms with Crippen LogP contribution in [-0.2, 0) is 6.54 Å². The normalized spacial score (nSPS) is 14.2. The third kappa shape index (κ3) is 1.36. The Balaban J connectivity index is 2.53. The van der Waals surface area contributed by atoms with Gasteiger partial charge in [0.2, 0.25) is 0 Å². The van der Waals surface area contributed by atoms with Crippen molar-refractivity contribution in [3.05, 3.63) is 34.6 Å². The molecule has 16 heavy (non-hydrogen) atoms. The van der Waals surface area contributed by atoms with Crippen molar-refractivity contribution in [1.29, 1.82) is 5.26 Å². The lowest BCUT2D eigenvalue weighted by molar-refractivity contribution is 0.0730. The molecular formula is C12H11FN2O. The van der Waals surface area contributed by atoms with Gasteiger partial charge in [-0.2, -0.15) is 5.26 Å². The monoisotopic (exact) mass is 218 g/mol. The molecule has 4 heteroatoms. The fourth-order valence-electron chi connectivity index (χ4n) is 1.88. The molecule has 0 N–H and O–H groups in total. The summed E-state index contributed by atoms with van der Waals surface area (Å²) in [4.78, 5) is 13.5. The fourth-order valence-corrected chi connectivity index (χ4v) is 1.88. The predicted octanol–water partition coefficient (Wildman–Crippen LogP) is 2.06. The lowest BCUT2D eigenvalue weighted by Crippen LogP contribution is -2.30. The highest BCUT2D eigenvalue weighted by Crippen LogP contribution is 2.28. The van der Waals surface area contributed by atoms with Crippen LogP contribution in [0.4, 0.5) is 4.39 Å². The third-order valence-electron chi connectivity index (χ3n) is 2.81. The molecule has 0 bridgehead atoms. The number of benzene rings is 1. The van der Waals surface area contributed by atoms with Crippen LogP contribution in [0.1, 0.15) is 35.3 Å². The van der Waals surface area contributed by atoms with Crippen LogP contribution < -0.4 is 0 Å². The zero-order valence-corrected chi connectivity index (χ0v) is 9.12. The minimum atomic E-state index is -0.559. The Bertz CT molecular complexity index is 502. The van der Waals surface area contributed by atoms with Crippen molar-refractivity contribution in [3.8, 4) is 6.07 Å². The highest BCUT2D eigenvalue weighted by Gasteiger charge is 2.32. The first kappa shape index (κ1) is 10.6. The van der Waals surface area contributed by atoms with Crippen molar-refractivity contribution >= 4 is 5.91 Å². The summed E-state index contributed by atoms with van der Waals surface area (Å²) in [6.45, 7) is 4.02. The maximum atomic E-state index is 13.8. The Morgan fingerprint density at radius 3 is 2.75 bits per heavy atom. The third-order valence-corrected chi connectivity index (χ3v) is 2.81. The number of hydrogen-bond acceptors (Lipinski definition) is 2. The highest BCUT2D eigenvalue weighted by atomic mass is 19.1. The van der Waals surface area contributed by atoms with Crippen molar-refractivity contribution in [2.45, 2.75) is 26.4 Å². The second-order valence-corrected chi connectivity index (χ2v) is 4.09. The summed E-state index contributed by atoms with van der Waals surface area (Å²) in [6, 6.07) is 4.70. The van der Waals surface area contributed by atoms with E-state index in [0.717, 1.165) is 0 Å². The molecule has 0 unspecified atom stereocenters. The van der Waals surface area contributed by atoms with E-state index in [1.54, 1.807) is 11.0 Å². The summed E-state index contributed by atoms with van der Waals surface area (Å²) in [5.74, 6) is -0.718. The Morgan fingerprint density at radius 2 is 2.19 bits per heavy atom. The van der Waals surface area contributed by atoms with Crippen molar-refractivity contribution in [1.82, 2.24) is 4.90 Å². The van der Waals surface area contributed by atoms with Crippen LogP contribution in [-0.4, -0.2) is 16.8 Å². The van der Waals surface area contributed by atoms with E-state index < -0.39 is 5.82 Å². The number of nitriles is 1. The Hall–Kier alpha value is -1.89. The maximum Gasteiger partial charge on any atom is 0.254 e. The van der Waals surface area contributed by atoms with Gasteiger partial charge in [-0.15, -0.1) is 0 Å². The largest absolute Gasteiger partial charge is 0.332 e. The van der Waals surface area contributed by atoms with E-state index in [9.17, 15) is 9.18 Å². The minimum absolute atomic E-state index is 0.00263. The molecule has 0 saturated heterocycles. The SMILES string of the molecule is CC(C)N1Cc2c(ccc(C#N)c2F)C1=O. The highest BCUT2D eigenvalue weighted by molar-refractivity contribution is 5.98. The fraction of sp³-hybridized carbons (Fsp3) is 0.333. The zero-order chi connectivity index (χ0) is 11.9.